The molecule has 0 spiro atoms. The quantitative estimate of drug-likeness (QED) is 0.798. The SMILES string of the molecule is CC(C)(C)OC(=O)NC(C)(C(=O)O)c1cc(OCc2ccccc2)ns1. The summed E-state index contributed by atoms with van der Waals surface area (Å²) in [6.07, 6.45) is -0.817. The highest BCUT2D eigenvalue weighted by Gasteiger charge is 2.40. The number of hydrogen-bond donors (Lipinski definition) is 2. The molecule has 0 aliphatic rings. The van der Waals surface area contributed by atoms with Crippen LogP contribution >= 0.6 is 11.5 Å². The number of benzene rings is 1. The largest absolute Gasteiger partial charge is 0.479 e. The van der Waals surface area contributed by atoms with Gasteiger partial charge >= 0.3 is 12.1 Å². The summed E-state index contributed by atoms with van der Waals surface area (Å²) in [5, 5.41) is 12.0. The number of carbonyl (C=O) groups excluding carboxylic acids is 1. The highest BCUT2D eigenvalue weighted by Crippen LogP contribution is 2.29. The van der Waals surface area contributed by atoms with E-state index in [0.29, 0.717) is 17.4 Å². The Morgan fingerprint density at radius 1 is 1.19 bits per heavy atom. The van der Waals surface area contributed by atoms with Crippen LogP contribution in [0.25, 0.3) is 0 Å². The maximum absolute atomic E-state index is 12.0. The molecule has 1 atom stereocenters. The third-order valence-electron chi connectivity index (χ3n) is 3.39. The van der Waals surface area contributed by atoms with Crippen LogP contribution in [0.3, 0.4) is 0 Å². The normalized spacial score (nSPS) is 13.5. The van der Waals surface area contributed by atoms with Gasteiger partial charge in [0.2, 0.25) is 5.88 Å². The molecule has 140 valence electrons. The molecule has 26 heavy (non-hydrogen) atoms. The molecule has 1 amide bonds. The first-order chi connectivity index (χ1) is 12.1. The molecule has 0 saturated carbocycles. The number of carboxylic acids is 1. The summed E-state index contributed by atoms with van der Waals surface area (Å²) in [7, 11) is 0. The van der Waals surface area contributed by atoms with Crippen molar-refractivity contribution in [3.05, 3.63) is 46.8 Å². The van der Waals surface area contributed by atoms with E-state index < -0.39 is 23.2 Å². The molecule has 1 unspecified atom stereocenters. The fourth-order valence-corrected chi connectivity index (χ4v) is 2.79. The molecule has 2 rings (SSSR count). The summed E-state index contributed by atoms with van der Waals surface area (Å²) < 4.78 is 14.9. The van der Waals surface area contributed by atoms with Gasteiger partial charge in [0.25, 0.3) is 0 Å². The molecule has 1 aromatic carbocycles. The van der Waals surface area contributed by atoms with Crippen molar-refractivity contribution in [2.24, 2.45) is 0 Å². The molecule has 0 aliphatic heterocycles. The number of rotatable bonds is 6. The van der Waals surface area contributed by atoms with Crippen LogP contribution in [-0.4, -0.2) is 27.1 Å². The molecule has 0 radical (unpaired) electrons. The lowest BCUT2D eigenvalue weighted by Gasteiger charge is -2.27. The standard InChI is InChI=1S/C18H22N2O5S/c1-17(2,3)25-16(23)19-18(4,15(21)22)13-10-14(20-26-13)24-11-12-8-6-5-7-9-12/h5-10H,11H2,1-4H3,(H,19,23)(H,21,22). The zero-order valence-corrected chi connectivity index (χ0v) is 15.9. The molecule has 2 aromatic rings. The first-order valence-corrected chi connectivity index (χ1v) is 8.76. The van der Waals surface area contributed by atoms with E-state index in [4.69, 9.17) is 9.47 Å². The van der Waals surface area contributed by atoms with Crippen molar-refractivity contribution in [2.45, 2.75) is 45.4 Å². The van der Waals surface area contributed by atoms with Crippen molar-refractivity contribution >= 4 is 23.6 Å². The molecule has 0 bridgehead atoms. The van der Waals surface area contributed by atoms with E-state index in [0.717, 1.165) is 17.1 Å². The Hall–Kier alpha value is -2.61. The monoisotopic (exact) mass is 378 g/mol. The second kappa shape index (κ2) is 7.74. The number of amides is 1. The van der Waals surface area contributed by atoms with Gasteiger partial charge in [-0.25, -0.2) is 9.59 Å². The smallest absolute Gasteiger partial charge is 0.408 e. The lowest BCUT2D eigenvalue weighted by Crippen LogP contribution is -2.50. The maximum atomic E-state index is 12.0. The van der Waals surface area contributed by atoms with Gasteiger partial charge in [-0.2, -0.15) is 4.37 Å². The summed E-state index contributed by atoms with van der Waals surface area (Å²) in [6.45, 7) is 6.80. The summed E-state index contributed by atoms with van der Waals surface area (Å²) in [4.78, 5) is 24.1. The van der Waals surface area contributed by atoms with Crippen molar-refractivity contribution in [3.8, 4) is 5.88 Å². The van der Waals surface area contributed by atoms with Crippen LogP contribution in [0.4, 0.5) is 4.79 Å². The molecular formula is C18H22N2O5S. The first-order valence-electron chi connectivity index (χ1n) is 7.98. The average Bonchev–Trinajstić information content (AvgIpc) is 3.01. The van der Waals surface area contributed by atoms with Gasteiger partial charge in [0.15, 0.2) is 5.54 Å². The lowest BCUT2D eigenvalue weighted by atomic mass is 10.0. The fourth-order valence-electron chi connectivity index (χ4n) is 2.02. The second-order valence-electron chi connectivity index (χ2n) is 6.86. The van der Waals surface area contributed by atoms with E-state index in [1.165, 1.54) is 13.0 Å². The Morgan fingerprint density at radius 2 is 1.85 bits per heavy atom. The number of aromatic nitrogens is 1. The van der Waals surface area contributed by atoms with Gasteiger partial charge in [0.1, 0.15) is 12.2 Å². The van der Waals surface area contributed by atoms with Crippen LogP contribution in [0.1, 0.15) is 38.1 Å². The van der Waals surface area contributed by atoms with Gasteiger partial charge in [-0.05, 0) is 44.8 Å². The zero-order valence-electron chi connectivity index (χ0n) is 15.1. The van der Waals surface area contributed by atoms with E-state index >= 15 is 0 Å². The second-order valence-corrected chi connectivity index (χ2v) is 7.67. The van der Waals surface area contributed by atoms with Crippen molar-refractivity contribution in [3.63, 3.8) is 0 Å². The average molecular weight is 378 g/mol. The molecule has 1 heterocycles. The minimum Gasteiger partial charge on any atom is -0.479 e. The number of carbonyl (C=O) groups is 2. The number of ether oxygens (including phenoxy) is 2. The minimum atomic E-state index is -1.67. The highest BCUT2D eigenvalue weighted by atomic mass is 32.1. The maximum Gasteiger partial charge on any atom is 0.408 e. The molecule has 2 N–H and O–H groups in total. The zero-order chi connectivity index (χ0) is 19.4. The van der Waals surface area contributed by atoms with E-state index in [9.17, 15) is 14.7 Å². The Balaban J connectivity index is 2.11. The minimum absolute atomic E-state index is 0.298. The molecule has 1 aromatic heterocycles. The number of aliphatic carboxylic acids is 1. The molecular weight excluding hydrogens is 356 g/mol. The Bertz CT molecular complexity index is 769. The fraction of sp³-hybridized carbons (Fsp3) is 0.389. The van der Waals surface area contributed by atoms with Gasteiger partial charge in [0, 0.05) is 6.07 Å². The van der Waals surface area contributed by atoms with Crippen LogP contribution in [0.15, 0.2) is 36.4 Å². The molecule has 7 nitrogen and oxygen atoms in total. The molecule has 0 saturated heterocycles. The van der Waals surface area contributed by atoms with E-state index in [1.807, 2.05) is 30.3 Å². The first kappa shape index (κ1) is 19.7. The summed E-state index contributed by atoms with van der Waals surface area (Å²) in [5.74, 6) is -0.922. The lowest BCUT2D eigenvalue weighted by molar-refractivity contribution is -0.144. The van der Waals surface area contributed by atoms with E-state index in [-0.39, 0.29) is 0 Å². The number of hydrogen-bond acceptors (Lipinski definition) is 6. The van der Waals surface area contributed by atoms with E-state index in [2.05, 4.69) is 9.69 Å². The van der Waals surface area contributed by atoms with Crippen LogP contribution in [0, 0.1) is 0 Å². The van der Waals surface area contributed by atoms with Gasteiger partial charge in [-0.1, -0.05) is 30.3 Å². The Morgan fingerprint density at radius 3 is 2.42 bits per heavy atom. The Kier molecular flexibility index (Phi) is 5.86. The highest BCUT2D eigenvalue weighted by molar-refractivity contribution is 7.06. The topological polar surface area (TPSA) is 97.8 Å². The molecule has 8 heteroatoms. The van der Waals surface area contributed by atoms with Crippen molar-refractivity contribution < 1.29 is 24.2 Å². The molecule has 0 aliphatic carbocycles. The third kappa shape index (κ3) is 5.19. The van der Waals surface area contributed by atoms with Gasteiger partial charge in [0.05, 0.1) is 4.88 Å². The number of nitrogens with one attached hydrogen (secondary N) is 1. The van der Waals surface area contributed by atoms with Crippen molar-refractivity contribution in [2.75, 3.05) is 0 Å². The predicted molar refractivity (Wildman–Crippen MR) is 97.2 cm³/mol. The van der Waals surface area contributed by atoms with Crippen LogP contribution in [-0.2, 0) is 21.7 Å². The van der Waals surface area contributed by atoms with Crippen molar-refractivity contribution in [1.82, 2.24) is 9.69 Å². The number of alkyl carbamates (subject to hydrolysis) is 1. The van der Waals surface area contributed by atoms with Crippen LogP contribution in [0.2, 0.25) is 0 Å². The van der Waals surface area contributed by atoms with Gasteiger partial charge in [-0.15, -0.1) is 0 Å². The van der Waals surface area contributed by atoms with Gasteiger partial charge < -0.3 is 19.9 Å². The third-order valence-corrected chi connectivity index (χ3v) is 4.38. The summed E-state index contributed by atoms with van der Waals surface area (Å²) >= 11 is 0.954. The Labute approximate surface area is 156 Å². The van der Waals surface area contributed by atoms with E-state index in [1.54, 1.807) is 20.8 Å². The summed E-state index contributed by atoms with van der Waals surface area (Å²) in [5.41, 5.74) is -1.44. The van der Waals surface area contributed by atoms with Gasteiger partial charge in [-0.3, -0.25) is 0 Å². The molecule has 0 fully saturated rings. The van der Waals surface area contributed by atoms with Crippen LogP contribution in [0.5, 0.6) is 5.88 Å². The predicted octanol–water partition coefficient (Wildman–Crippen LogP) is 3.55. The van der Waals surface area contributed by atoms with Crippen molar-refractivity contribution in [1.29, 1.82) is 0 Å². The number of nitrogens with zero attached hydrogens (tertiary/aromatic N) is 1. The summed E-state index contributed by atoms with van der Waals surface area (Å²) in [6, 6.07) is 11.1. The number of carboxylic acid groups (broad SMARTS) is 1. The van der Waals surface area contributed by atoms with Crippen LogP contribution < -0.4 is 10.1 Å².